The largest absolute Gasteiger partial charge is 0.487 e. The second-order valence-electron chi connectivity index (χ2n) is 3.81. The maximum Gasteiger partial charge on any atom is 0.306 e. The maximum absolute atomic E-state index is 13.7. The molecule has 0 radical (unpaired) electrons. The van der Waals surface area contributed by atoms with Crippen LogP contribution in [0.1, 0.15) is 5.56 Å². The Morgan fingerprint density at radius 2 is 1.50 bits per heavy atom. The summed E-state index contributed by atoms with van der Waals surface area (Å²) in [6.07, 6.45) is 0. The highest BCUT2D eigenvalue weighted by molar-refractivity contribution is 5.24. The third-order valence-electron chi connectivity index (χ3n) is 2.43. The normalized spacial score (nSPS) is 11.3. The van der Waals surface area contributed by atoms with E-state index in [0.717, 1.165) is 12.1 Å². The first-order valence-corrected chi connectivity index (χ1v) is 5.40. The van der Waals surface area contributed by atoms with Gasteiger partial charge in [-0.05, 0) is 24.3 Å². The van der Waals surface area contributed by atoms with E-state index < -0.39 is 18.3 Å². The zero-order valence-corrected chi connectivity index (χ0v) is 9.45. The lowest BCUT2D eigenvalue weighted by Gasteiger charge is -2.17. The topological polar surface area (TPSA) is 9.23 Å². The van der Waals surface area contributed by atoms with E-state index in [2.05, 4.69) is 0 Å². The van der Waals surface area contributed by atoms with Crippen molar-refractivity contribution in [3.8, 4) is 5.75 Å². The summed E-state index contributed by atoms with van der Waals surface area (Å²) in [6.45, 7) is -0.775. The minimum atomic E-state index is -3.07. The van der Waals surface area contributed by atoms with Crippen molar-refractivity contribution in [2.45, 2.75) is 5.92 Å². The van der Waals surface area contributed by atoms with Crippen LogP contribution in [-0.4, -0.2) is 6.61 Å². The monoisotopic (exact) mass is 252 g/mol. The van der Waals surface area contributed by atoms with Gasteiger partial charge in [-0.25, -0.2) is 4.39 Å². The van der Waals surface area contributed by atoms with Crippen LogP contribution in [0.5, 0.6) is 5.75 Å². The van der Waals surface area contributed by atoms with E-state index in [1.54, 1.807) is 18.2 Å². The predicted molar refractivity (Wildman–Crippen MR) is 62.2 cm³/mol. The van der Waals surface area contributed by atoms with E-state index in [4.69, 9.17) is 4.74 Å². The van der Waals surface area contributed by atoms with Gasteiger partial charge in [-0.3, -0.25) is 0 Å². The molecule has 0 spiro atoms. The molecule has 0 saturated heterocycles. The number of hydrogen-bond donors (Lipinski definition) is 0. The molecule has 1 nitrogen and oxygen atoms in total. The minimum absolute atomic E-state index is 0.105. The Morgan fingerprint density at radius 3 is 2.11 bits per heavy atom. The van der Waals surface area contributed by atoms with Crippen LogP contribution in [0.3, 0.4) is 0 Å². The summed E-state index contributed by atoms with van der Waals surface area (Å²) in [7, 11) is 0. The fourth-order valence-electron chi connectivity index (χ4n) is 1.47. The SMILES string of the molecule is Fc1ccc(OCC(F)(F)c2ccccc2)cc1. The number of alkyl halides is 2. The van der Waals surface area contributed by atoms with Gasteiger partial charge >= 0.3 is 5.92 Å². The predicted octanol–water partition coefficient (Wildman–Crippen LogP) is 4.00. The van der Waals surface area contributed by atoms with Gasteiger partial charge in [0.2, 0.25) is 0 Å². The van der Waals surface area contributed by atoms with Gasteiger partial charge in [0.25, 0.3) is 0 Å². The molecule has 2 rings (SSSR count). The summed E-state index contributed by atoms with van der Waals surface area (Å²) in [6, 6.07) is 12.4. The molecule has 4 heteroatoms. The van der Waals surface area contributed by atoms with Crippen molar-refractivity contribution >= 4 is 0 Å². The second kappa shape index (κ2) is 5.12. The van der Waals surface area contributed by atoms with Crippen molar-refractivity contribution in [1.29, 1.82) is 0 Å². The third kappa shape index (κ3) is 3.03. The zero-order valence-electron chi connectivity index (χ0n) is 9.45. The van der Waals surface area contributed by atoms with Crippen LogP contribution in [0, 0.1) is 5.82 Å². The fourth-order valence-corrected chi connectivity index (χ4v) is 1.47. The van der Waals surface area contributed by atoms with Crippen LogP contribution in [0.25, 0.3) is 0 Å². The molecule has 18 heavy (non-hydrogen) atoms. The van der Waals surface area contributed by atoms with Gasteiger partial charge in [0.1, 0.15) is 11.6 Å². The molecule has 0 saturated carbocycles. The molecule has 0 aliphatic rings. The highest BCUT2D eigenvalue weighted by Gasteiger charge is 2.32. The lowest BCUT2D eigenvalue weighted by molar-refractivity contribution is -0.0467. The number of rotatable bonds is 4. The van der Waals surface area contributed by atoms with Crippen molar-refractivity contribution < 1.29 is 17.9 Å². The summed E-state index contributed by atoms with van der Waals surface area (Å²) in [5.41, 5.74) is -0.105. The van der Waals surface area contributed by atoms with Gasteiger partial charge in [-0.2, -0.15) is 8.78 Å². The number of hydrogen-bond acceptors (Lipinski definition) is 1. The molecule has 0 aliphatic carbocycles. The van der Waals surface area contributed by atoms with Gasteiger partial charge in [0.05, 0.1) is 0 Å². The molecule has 2 aromatic carbocycles. The molecule has 2 aromatic rings. The van der Waals surface area contributed by atoms with Crippen LogP contribution < -0.4 is 4.74 Å². The van der Waals surface area contributed by atoms with Gasteiger partial charge in [0.15, 0.2) is 6.61 Å². The Morgan fingerprint density at radius 1 is 0.889 bits per heavy atom. The average molecular weight is 252 g/mol. The quantitative estimate of drug-likeness (QED) is 0.799. The zero-order chi connectivity index (χ0) is 13.0. The minimum Gasteiger partial charge on any atom is -0.487 e. The second-order valence-corrected chi connectivity index (χ2v) is 3.81. The Hall–Kier alpha value is -1.97. The van der Waals surface area contributed by atoms with Crippen LogP contribution in [0.4, 0.5) is 13.2 Å². The third-order valence-corrected chi connectivity index (χ3v) is 2.43. The first-order chi connectivity index (χ1) is 8.58. The van der Waals surface area contributed by atoms with E-state index >= 15 is 0 Å². The first-order valence-electron chi connectivity index (χ1n) is 5.40. The smallest absolute Gasteiger partial charge is 0.306 e. The lowest BCUT2D eigenvalue weighted by Crippen LogP contribution is -2.23. The molecule has 0 heterocycles. The molecule has 0 aliphatic heterocycles. The van der Waals surface area contributed by atoms with Crippen molar-refractivity contribution in [3.05, 3.63) is 66.0 Å². The molecule has 0 bridgehead atoms. The van der Waals surface area contributed by atoms with E-state index in [1.165, 1.54) is 24.3 Å². The van der Waals surface area contributed by atoms with Gasteiger partial charge < -0.3 is 4.74 Å². The molecule has 0 atom stereocenters. The fraction of sp³-hybridized carbons (Fsp3) is 0.143. The molecular formula is C14H11F3O. The molecule has 0 amide bonds. The highest BCUT2D eigenvalue weighted by atomic mass is 19.3. The van der Waals surface area contributed by atoms with Crippen molar-refractivity contribution in [2.24, 2.45) is 0 Å². The van der Waals surface area contributed by atoms with Gasteiger partial charge in [-0.15, -0.1) is 0 Å². The Bertz CT molecular complexity index is 494. The van der Waals surface area contributed by atoms with Crippen molar-refractivity contribution in [3.63, 3.8) is 0 Å². The summed E-state index contributed by atoms with van der Waals surface area (Å²) in [5, 5.41) is 0. The van der Waals surface area contributed by atoms with Crippen LogP contribution in [0.2, 0.25) is 0 Å². The summed E-state index contributed by atoms with van der Waals surface area (Å²) < 4.78 is 45.0. The van der Waals surface area contributed by atoms with E-state index in [-0.39, 0.29) is 11.3 Å². The van der Waals surface area contributed by atoms with Gasteiger partial charge in [0, 0.05) is 5.56 Å². The van der Waals surface area contributed by atoms with E-state index in [0.29, 0.717) is 0 Å². The van der Waals surface area contributed by atoms with Crippen LogP contribution in [-0.2, 0) is 5.92 Å². The van der Waals surface area contributed by atoms with E-state index in [1.807, 2.05) is 0 Å². The number of ether oxygens (including phenoxy) is 1. The molecule has 0 aromatic heterocycles. The standard InChI is InChI=1S/C14H11F3O/c15-12-6-8-13(9-7-12)18-10-14(16,17)11-4-2-1-3-5-11/h1-9H,10H2. The summed E-state index contributed by atoms with van der Waals surface area (Å²) in [5.74, 6) is -3.29. The first kappa shape index (κ1) is 12.5. The van der Waals surface area contributed by atoms with Crippen LogP contribution >= 0.6 is 0 Å². The van der Waals surface area contributed by atoms with E-state index in [9.17, 15) is 13.2 Å². The molecular weight excluding hydrogens is 241 g/mol. The number of benzene rings is 2. The molecule has 0 N–H and O–H groups in total. The van der Waals surface area contributed by atoms with Crippen LogP contribution in [0.15, 0.2) is 54.6 Å². The lowest BCUT2D eigenvalue weighted by atomic mass is 10.1. The Kier molecular flexibility index (Phi) is 3.55. The molecule has 0 fully saturated rings. The summed E-state index contributed by atoms with van der Waals surface area (Å²) >= 11 is 0. The molecule has 0 unspecified atom stereocenters. The summed E-state index contributed by atoms with van der Waals surface area (Å²) in [4.78, 5) is 0. The highest BCUT2D eigenvalue weighted by Crippen LogP contribution is 2.28. The Balaban J connectivity index is 2.03. The van der Waals surface area contributed by atoms with Crippen molar-refractivity contribution in [1.82, 2.24) is 0 Å². The van der Waals surface area contributed by atoms with Crippen molar-refractivity contribution in [2.75, 3.05) is 6.61 Å². The van der Waals surface area contributed by atoms with Gasteiger partial charge in [-0.1, -0.05) is 30.3 Å². The number of halogens is 3. The molecule has 94 valence electrons. The maximum atomic E-state index is 13.7. The Labute approximate surface area is 103 Å². The average Bonchev–Trinajstić information content (AvgIpc) is 2.39.